The normalized spacial score (nSPS) is 46.8. The van der Waals surface area contributed by atoms with Gasteiger partial charge in [0.15, 0.2) is 0 Å². The maximum atomic E-state index is 9.19. The first-order valence-electron chi connectivity index (χ1n) is 10.9. The molecule has 0 aromatic rings. The highest BCUT2D eigenvalue weighted by Gasteiger charge is 2.66. The summed E-state index contributed by atoms with van der Waals surface area (Å²) in [7, 11) is -3.67. The van der Waals surface area contributed by atoms with Gasteiger partial charge in [0.2, 0.25) is 11.6 Å². The van der Waals surface area contributed by atoms with Crippen LogP contribution in [-0.4, -0.2) is 37.3 Å². The molecule has 7 nitrogen and oxygen atoms in total. The summed E-state index contributed by atoms with van der Waals surface area (Å²) in [6, 6.07) is 0. The Balaban J connectivity index is 0.000000346. The van der Waals surface area contributed by atoms with Crippen molar-refractivity contribution in [1.82, 2.24) is 0 Å². The molecule has 0 radical (unpaired) electrons. The zero-order valence-corrected chi connectivity index (χ0v) is 17.7. The molecule has 8 heteroatoms. The van der Waals surface area contributed by atoms with Gasteiger partial charge in [-0.1, -0.05) is 0 Å². The average molecular weight is 418 g/mol. The predicted molar refractivity (Wildman–Crippen MR) is 103 cm³/mol. The molecule has 5 aliphatic carbocycles. The summed E-state index contributed by atoms with van der Waals surface area (Å²) in [5.41, 5.74) is 5.65. The molecule has 0 aromatic heterocycles. The van der Waals surface area contributed by atoms with Crippen molar-refractivity contribution in [2.45, 2.75) is 82.2 Å². The lowest BCUT2D eigenvalue weighted by Gasteiger charge is -2.57. The highest BCUT2D eigenvalue weighted by Crippen LogP contribution is 2.63. The summed E-state index contributed by atoms with van der Waals surface area (Å²) in [6.07, 6.45) is 14.1. The summed E-state index contributed by atoms with van der Waals surface area (Å²) in [5, 5.41) is 0. The van der Waals surface area contributed by atoms with Crippen molar-refractivity contribution in [2.75, 3.05) is 12.8 Å². The van der Waals surface area contributed by atoms with Crippen LogP contribution in [0.3, 0.4) is 0 Å². The van der Waals surface area contributed by atoms with E-state index in [-0.39, 0.29) is 0 Å². The Labute approximate surface area is 168 Å². The van der Waals surface area contributed by atoms with Gasteiger partial charge in [0.1, 0.15) is 0 Å². The van der Waals surface area contributed by atoms with E-state index in [1.165, 1.54) is 51.4 Å². The van der Waals surface area contributed by atoms with Gasteiger partial charge in [0, 0.05) is 24.7 Å². The molecule has 6 fully saturated rings. The van der Waals surface area contributed by atoms with E-state index < -0.39 is 21.7 Å². The number of hydrogen-bond acceptors (Lipinski definition) is 6. The number of ether oxygens (including phenoxy) is 1. The minimum Gasteiger partial charge on any atom is -0.330 e. The van der Waals surface area contributed by atoms with Crippen LogP contribution in [0.15, 0.2) is 0 Å². The lowest BCUT2D eigenvalue weighted by molar-refractivity contribution is -0.390. The van der Waals surface area contributed by atoms with E-state index in [2.05, 4.69) is 0 Å². The molecule has 0 unspecified atom stereocenters. The molecule has 6 aliphatic rings. The highest BCUT2D eigenvalue weighted by atomic mass is 32.2. The van der Waals surface area contributed by atoms with Gasteiger partial charge in [-0.25, -0.2) is 0 Å². The van der Waals surface area contributed by atoms with Crippen LogP contribution in [0.1, 0.15) is 70.6 Å². The first-order valence-corrected chi connectivity index (χ1v) is 12.8. The standard InChI is InChI=1S/C19H31NO3.CH4O3S/c20-7-1-2-13-3-5-18(6-4-13)21-19(23-22-18)16-9-14-8-15(11-16)12-17(19)10-14;1-5(2,3)4/h13-17H,1-12,20H2;1H3,(H,2,3,4). The molecule has 5 saturated carbocycles. The quantitative estimate of drug-likeness (QED) is 0.536. The zero-order valence-electron chi connectivity index (χ0n) is 16.8. The summed E-state index contributed by atoms with van der Waals surface area (Å²) in [6.45, 7) is 0.812. The third-order valence-corrected chi connectivity index (χ3v) is 7.63. The van der Waals surface area contributed by atoms with Gasteiger partial charge in [-0.15, -0.1) is 0 Å². The molecule has 162 valence electrons. The van der Waals surface area contributed by atoms with Crippen molar-refractivity contribution in [1.29, 1.82) is 0 Å². The second kappa shape index (κ2) is 7.78. The summed E-state index contributed by atoms with van der Waals surface area (Å²) >= 11 is 0. The van der Waals surface area contributed by atoms with Gasteiger partial charge in [0.25, 0.3) is 10.1 Å². The lowest BCUT2D eigenvalue weighted by atomic mass is 9.53. The van der Waals surface area contributed by atoms with Crippen LogP contribution in [-0.2, 0) is 24.6 Å². The molecule has 1 heterocycles. The molecular formula is C20H35NO6S. The molecule has 1 saturated heterocycles. The molecule has 0 amide bonds. The maximum absolute atomic E-state index is 9.19. The van der Waals surface area contributed by atoms with Crippen LogP contribution in [0.25, 0.3) is 0 Å². The molecule has 6 rings (SSSR count). The fourth-order valence-corrected chi connectivity index (χ4v) is 6.61. The molecule has 2 spiro atoms. The van der Waals surface area contributed by atoms with Crippen molar-refractivity contribution < 1.29 is 27.5 Å². The largest absolute Gasteiger partial charge is 0.330 e. The average Bonchev–Trinajstić information content (AvgIpc) is 2.98. The van der Waals surface area contributed by atoms with Crippen molar-refractivity contribution in [3.05, 3.63) is 0 Å². The summed E-state index contributed by atoms with van der Waals surface area (Å²) in [4.78, 5) is 12.1. The van der Waals surface area contributed by atoms with Crippen molar-refractivity contribution in [2.24, 2.45) is 35.3 Å². The molecule has 3 N–H and O–H groups in total. The molecule has 1 aliphatic heterocycles. The first kappa shape index (κ1) is 21.0. The Morgan fingerprint density at radius 2 is 1.54 bits per heavy atom. The second-order valence-electron chi connectivity index (χ2n) is 9.81. The van der Waals surface area contributed by atoms with E-state index in [9.17, 15) is 8.42 Å². The summed E-state index contributed by atoms with van der Waals surface area (Å²) < 4.78 is 32.6. The Hall–Kier alpha value is -0.250. The Kier molecular flexibility index (Phi) is 5.83. The van der Waals surface area contributed by atoms with E-state index in [1.54, 1.807) is 0 Å². The second-order valence-corrected chi connectivity index (χ2v) is 11.3. The SMILES string of the molecule is CS(=O)(=O)O.NCCCC1CCC2(CC1)OOC1(O2)C2CC3CC(C2)CC1C3. The molecule has 0 atom stereocenters. The van der Waals surface area contributed by atoms with E-state index in [0.717, 1.165) is 43.6 Å². The van der Waals surface area contributed by atoms with Crippen molar-refractivity contribution >= 4 is 10.1 Å². The van der Waals surface area contributed by atoms with Crippen LogP contribution in [0, 0.1) is 29.6 Å². The number of hydrogen-bond donors (Lipinski definition) is 2. The summed E-state index contributed by atoms with van der Waals surface area (Å²) in [5.74, 6) is 2.98. The molecular weight excluding hydrogens is 382 g/mol. The number of nitrogens with two attached hydrogens (primary N) is 1. The Morgan fingerprint density at radius 3 is 2.04 bits per heavy atom. The van der Waals surface area contributed by atoms with Crippen molar-refractivity contribution in [3.8, 4) is 0 Å². The van der Waals surface area contributed by atoms with Gasteiger partial charge in [0.05, 0.1) is 6.26 Å². The van der Waals surface area contributed by atoms with E-state index in [4.69, 9.17) is 24.8 Å². The van der Waals surface area contributed by atoms with Crippen LogP contribution < -0.4 is 5.73 Å². The lowest BCUT2D eigenvalue weighted by Crippen LogP contribution is -2.59. The van der Waals surface area contributed by atoms with Crippen LogP contribution in [0.4, 0.5) is 0 Å². The first-order chi connectivity index (χ1) is 13.2. The minimum absolute atomic E-state index is 0.391. The smallest absolute Gasteiger partial charge is 0.261 e. The fourth-order valence-electron chi connectivity index (χ4n) is 6.61. The zero-order chi connectivity index (χ0) is 20.0. The van der Waals surface area contributed by atoms with Crippen LogP contribution >= 0.6 is 0 Å². The van der Waals surface area contributed by atoms with E-state index in [1.807, 2.05) is 0 Å². The van der Waals surface area contributed by atoms with E-state index >= 15 is 0 Å². The third kappa shape index (κ3) is 4.27. The highest BCUT2D eigenvalue weighted by molar-refractivity contribution is 7.85. The molecule has 4 bridgehead atoms. The molecule has 28 heavy (non-hydrogen) atoms. The van der Waals surface area contributed by atoms with Gasteiger partial charge < -0.3 is 10.5 Å². The monoisotopic (exact) mass is 417 g/mol. The fraction of sp³-hybridized carbons (Fsp3) is 1.00. The number of rotatable bonds is 3. The Morgan fingerprint density at radius 1 is 1.00 bits per heavy atom. The topological polar surface area (TPSA) is 108 Å². The van der Waals surface area contributed by atoms with Gasteiger partial charge in [-0.3, -0.25) is 4.55 Å². The van der Waals surface area contributed by atoms with Gasteiger partial charge in [-0.05, 0) is 82.1 Å². The van der Waals surface area contributed by atoms with Gasteiger partial charge >= 0.3 is 0 Å². The Bertz CT molecular complexity index is 622. The van der Waals surface area contributed by atoms with E-state index in [0.29, 0.717) is 18.1 Å². The minimum atomic E-state index is -3.67. The predicted octanol–water partition coefficient (Wildman–Crippen LogP) is 3.25. The maximum Gasteiger partial charge on any atom is 0.261 e. The molecule has 0 aromatic carbocycles. The van der Waals surface area contributed by atoms with Crippen molar-refractivity contribution in [3.63, 3.8) is 0 Å². The van der Waals surface area contributed by atoms with Crippen LogP contribution in [0.2, 0.25) is 0 Å². The van der Waals surface area contributed by atoms with Gasteiger partial charge in [-0.2, -0.15) is 18.2 Å². The van der Waals surface area contributed by atoms with Crippen LogP contribution in [0.5, 0.6) is 0 Å². The third-order valence-electron chi connectivity index (χ3n) is 7.63.